The van der Waals surface area contributed by atoms with E-state index in [0.717, 1.165) is 17.7 Å². The molecule has 104 valence electrons. The van der Waals surface area contributed by atoms with Crippen LogP contribution >= 0.6 is 0 Å². The molecular weight excluding hydrogens is 303 g/mol. The van der Waals surface area contributed by atoms with Gasteiger partial charge in [-0.2, -0.15) is 0 Å². The van der Waals surface area contributed by atoms with Gasteiger partial charge in [-0.25, -0.2) is 13.2 Å². The molecule has 0 bridgehead atoms. The predicted molar refractivity (Wildman–Crippen MR) is 70.5 cm³/mol. The molecule has 0 saturated heterocycles. The second kappa shape index (κ2) is 7.20. The third-order valence-corrected chi connectivity index (χ3v) is 3.46. The second-order valence-electron chi connectivity index (χ2n) is 4.18. The molecule has 0 radical (unpaired) electrons. The number of hydrogen-bond acceptors (Lipinski definition) is 5. The Kier molecular flexibility index (Phi) is 6.12. The third kappa shape index (κ3) is 4.94. The van der Waals surface area contributed by atoms with Crippen LogP contribution in [0.15, 0.2) is 53.4 Å². The number of hydrogen-bond donors (Lipinski definition) is 0. The summed E-state index contributed by atoms with van der Waals surface area (Å²) in [6.45, 7) is 1.90. The second-order valence-corrected chi connectivity index (χ2v) is 5.56. The minimum absolute atomic E-state index is 0. The first-order valence-corrected chi connectivity index (χ1v) is 7.12. The number of aryl methyl sites for hydroxylation is 1. The topological polar surface area (TPSA) is 83.5 Å². The minimum Gasteiger partial charge on any atom is -0.744 e. The number of esters is 1. The normalized spacial score (nSPS) is 10.6. The van der Waals surface area contributed by atoms with Gasteiger partial charge in [-0.15, -0.1) is 0 Å². The third-order valence-electron chi connectivity index (χ3n) is 2.61. The summed E-state index contributed by atoms with van der Waals surface area (Å²) in [6, 6.07) is 11.5. The summed E-state index contributed by atoms with van der Waals surface area (Å²) in [7, 11) is -4.50. The molecule has 0 heterocycles. The predicted octanol–water partition coefficient (Wildman–Crippen LogP) is -0.878. The molecule has 5 nitrogen and oxygen atoms in total. The average Bonchev–Trinajstić information content (AvgIpc) is 2.39. The average molecular weight is 314 g/mol. The summed E-state index contributed by atoms with van der Waals surface area (Å²) in [5.74, 6) is -0.384. The SMILES string of the molecule is Cc1ccc(C(=O)Oc2ccc(S(=O)(=O)[O-])cc2)cc1.[Na+]. The summed E-state index contributed by atoms with van der Waals surface area (Å²) < 4.78 is 37.3. The van der Waals surface area contributed by atoms with Crippen LogP contribution in [0.5, 0.6) is 5.75 Å². The van der Waals surface area contributed by atoms with Crippen molar-refractivity contribution in [2.75, 3.05) is 0 Å². The zero-order valence-corrected chi connectivity index (χ0v) is 14.4. The van der Waals surface area contributed by atoms with Crippen molar-refractivity contribution in [3.8, 4) is 5.75 Å². The summed E-state index contributed by atoms with van der Waals surface area (Å²) in [4.78, 5) is 11.4. The van der Waals surface area contributed by atoms with E-state index in [4.69, 9.17) is 4.74 Å². The van der Waals surface area contributed by atoms with Gasteiger partial charge in [-0.1, -0.05) is 17.7 Å². The van der Waals surface area contributed by atoms with Gasteiger partial charge in [0.05, 0.1) is 10.5 Å². The molecule has 0 aliphatic heterocycles. The van der Waals surface area contributed by atoms with Gasteiger partial charge < -0.3 is 9.29 Å². The fourth-order valence-corrected chi connectivity index (χ4v) is 2.00. The van der Waals surface area contributed by atoms with E-state index in [2.05, 4.69) is 0 Å². The first-order valence-electron chi connectivity index (χ1n) is 5.71. The van der Waals surface area contributed by atoms with Crippen molar-refractivity contribution in [1.29, 1.82) is 0 Å². The van der Waals surface area contributed by atoms with Crippen LogP contribution in [0.2, 0.25) is 0 Å². The standard InChI is InChI=1S/C14H12O5S.Na/c1-10-2-4-11(5-3-10)14(15)19-12-6-8-13(9-7-12)20(16,17)18;/h2-9H,1H3,(H,16,17,18);/q;+1/p-1. The number of carbonyl (C=O) groups is 1. The monoisotopic (exact) mass is 314 g/mol. The van der Waals surface area contributed by atoms with E-state index in [1.165, 1.54) is 12.1 Å². The van der Waals surface area contributed by atoms with Gasteiger partial charge in [-0.3, -0.25) is 0 Å². The van der Waals surface area contributed by atoms with Crippen LogP contribution in [0.1, 0.15) is 15.9 Å². The van der Waals surface area contributed by atoms with E-state index in [0.29, 0.717) is 5.56 Å². The van der Waals surface area contributed by atoms with Gasteiger partial charge in [0.25, 0.3) is 0 Å². The summed E-state index contributed by atoms with van der Waals surface area (Å²) >= 11 is 0. The number of carbonyl (C=O) groups excluding carboxylic acids is 1. The molecule has 0 saturated carbocycles. The van der Waals surface area contributed by atoms with Gasteiger partial charge in [0.15, 0.2) is 0 Å². The van der Waals surface area contributed by atoms with Crippen molar-refractivity contribution in [3.05, 3.63) is 59.7 Å². The zero-order chi connectivity index (χ0) is 14.8. The molecular formula is C14H11NaO5S. The fourth-order valence-electron chi connectivity index (χ4n) is 1.53. The molecule has 2 aromatic rings. The Morgan fingerprint density at radius 1 is 1.00 bits per heavy atom. The van der Waals surface area contributed by atoms with Crippen molar-refractivity contribution in [1.82, 2.24) is 0 Å². The maximum Gasteiger partial charge on any atom is 1.00 e. The van der Waals surface area contributed by atoms with E-state index in [9.17, 15) is 17.8 Å². The quantitative estimate of drug-likeness (QED) is 0.318. The van der Waals surface area contributed by atoms with Gasteiger partial charge in [0.1, 0.15) is 15.9 Å². The molecule has 0 atom stereocenters. The Hall–Kier alpha value is -1.18. The van der Waals surface area contributed by atoms with Crippen molar-refractivity contribution >= 4 is 16.1 Å². The van der Waals surface area contributed by atoms with Gasteiger partial charge in [0, 0.05) is 0 Å². The van der Waals surface area contributed by atoms with E-state index >= 15 is 0 Å². The van der Waals surface area contributed by atoms with Crippen LogP contribution < -0.4 is 34.3 Å². The van der Waals surface area contributed by atoms with Crippen LogP contribution in [0.4, 0.5) is 0 Å². The van der Waals surface area contributed by atoms with Crippen molar-refractivity contribution in [2.45, 2.75) is 11.8 Å². The number of rotatable bonds is 3. The maximum atomic E-state index is 11.8. The molecule has 0 spiro atoms. The molecule has 0 aliphatic carbocycles. The van der Waals surface area contributed by atoms with E-state index in [1.807, 2.05) is 6.92 Å². The first kappa shape index (κ1) is 17.9. The molecule has 0 aromatic heterocycles. The summed E-state index contributed by atoms with van der Waals surface area (Å²) in [6.07, 6.45) is 0. The van der Waals surface area contributed by atoms with Crippen LogP contribution in [0, 0.1) is 6.92 Å². The molecule has 2 rings (SSSR count). The minimum atomic E-state index is -4.50. The smallest absolute Gasteiger partial charge is 0.744 e. The van der Waals surface area contributed by atoms with Crippen LogP contribution in [-0.2, 0) is 10.1 Å². The fraction of sp³-hybridized carbons (Fsp3) is 0.0714. The summed E-state index contributed by atoms with van der Waals surface area (Å²) in [5, 5.41) is 0. The van der Waals surface area contributed by atoms with Crippen molar-refractivity contribution < 1.29 is 52.1 Å². The van der Waals surface area contributed by atoms with E-state index in [-0.39, 0.29) is 40.2 Å². The molecule has 0 aliphatic rings. The Morgan fingerprint density at radius 2 is 1.52 bits per heavy atom. The Morgan fingerprint density at radius 3 is 2.00 bits per heavy atom. The number of ether oxygens (including phenoxy) is 1. The van der Waals surface area contributed by atoms with Crippen LogP contribution in [0.25, 0.3) is 0 Å². The van der Waals surface area contributed by atoms with Crippen LogP contribution in [0.3, 0.4) is 0 Å². The maximum absolute atomic E-state index is 11.8. The first-order chi connectivity index (χ1) is 9.36. The van der Waals surface area contributed by atoms with Gasteiger partial charge in [0.2, 0.25) is 0 Å². The molecule has 2 aromatic carbocycles. The Labute approximate surface area is 145 Å². The van der Waals surface area contributed by atoms with Gasteiger partial charge >= 0.3 is 35.5 Å². The number of benzene rings is 2. The van der Waals surface area contributed by atoms with Gasteiger partial charge in [-0.05, 0) is 43.3 Å². The van der Waals surface area contributed by atoms with E-state index in [1.54, 1.807) is 24.3 Å². The zero-order valence-electron chi connectivity index (χ0n) is 11.6. The van der Waals surface area contributed by atoms with Crippen LogP contribution in [-0.4, -0.2) is 18.9 Å². The van der Waals surface area contributed by atoms with E-state index < -0.39 is 16.1 Å². The molecule has 0 N–H and O–H groups in total. The molecule has 21 heavy (non-hydrogen) atoms. The molecule has 0 unspecified atom stereocenters. The summed E-state index contributed by atoms with van der Waals surface area (Å²) in [5.41, 5.74) is 1.41. The molecule has 7 heteroatoms. The Bertz CT molecular complexity index is 721. The molecule has 0 fully saturated rings. The van der Waals surface area contributed by atoms with Crippen molar-refractivity contribution in [3.63, 3.8) is 0 Å². The van der Waals surface area contributed by atoms with Crippen molar-refractivity contribution in [2.24, 2.45) is 0 Å². The Balaban J connectivity index is 0.00000220. The molecule has 0 amide bonds. The largest absolute Gasteiger partial charge is 1.00 e.